The Morgan fingerprint density at radius 1 is 1.23 bits per heavy atom. The van der Waals surface area contributed by atoms with Crippen molar-refractivity contribution in [3.05, 3.63) is 35.0 Å². The lowest BCUT2D eigenvalue weighted by atomic mass is 9.78. The molecule has 1 aliphatic carbocycles. The number of carbonyl (C=O) groups excluding carboxylic acids is 2. The summed E-state index contributed by atoms with van der Waals surface area (Å²) in [7, 11) is 1.49. The average molecular weight is 411 g/mol. The molecule has 3 heterocycles. The van der Waals surface area contributed by atoms with Gasteiger partial charge in [0.15, 0.2) is 0 Å². The molecule has 2 aliphatic heterocycles. The van der Waals surface area contributed by atoms with Gasteiger partial charge in [0, 0.05) is 17.1 Å². The second kappa shape index (κ2) is 6.33. The highest BCUT2D eigenvalue weighted by Gasteiger charge is 2.60. The second-order valence-electron chi connectivity index (χ2n) is 10.1. The van der Waals surface area contributed by atoms with Crippen LogP contribution in [0, 0.1) is 12.8 Å². The van der Waals surface area contributed by atoms with Gasteiger partial charge in [0.05, 0.1) is 12.6 Å². The number of aromatic nitrogens is 1. The number of esters is 1. The van der Waals surface area contributed by atoms with E-state index in [0.717, 1.165) is 48.8 Å². The summed E-state index contributed by atoms with van der Waals surface area (Å²) in [4.78, 5) is 28.4. The quantitative estimate of drug-likeness (QED) is 0.654. The van der Waals surface area contributed by atoms with Crippen LogP contribution in [0.5, 0.6) is 0 Å². The fourth-order valence-corrected chi connectivity index (χ4v) is 6.32. The van der Waals surface area contributed by atoms with Crippen LogP contribution >= 0.6 is 0 Å². The van der Waals surface area contributed by atoms with Crippen LogP contribution in [0.25, 0.3) is 10.9 Å². The van der Waals surface area contributed by atoms with Crippen molar-refractivity contribution in [3.63, 3.8) is 0 Å². The first kappa shape index (κ1) is 19.6. The molecule has 5 rings (SSSR count). The Hall–Kier alpha value is -2.34. The third kappa shape index (κ3) is 2.52. The Morgan fingerprint density at radius 3 is 2.70 bits per heavy atom. The monoisotopic (exact) mass is 410 g/mol. The van der Waals surface area contributed by atoms with E-state index in [1.165, 1.54) is 18.2 Å². The van der Waals surface area contributed by atoms with E-state index < -0.39 is 11.1 Å². The summed E-state index contributed by atoms with van der Waals surface area (Å²) in [5.74, 6) is 0.231. The maximum Gasteiger partial charge on any atom is 0.419 e. The summed E-state index contributed by atoms with van der Waals surface area (Å²) >= 11 is 0. The number of ether oxygens (including phenoxy) is 2. The number of rotatable bonds is 1. The lowest BCUT2D eigenvalue weighted by molar-refractivity contribution is -0.152. The number of nitrogens with zero attached hydrogens (tertiary/aromatic N) is 2. The molecule has 0 spiro atoms. The second-order valence-corrected chi connectivity index (χ2v) is 10.1. The molecule has 3 aliphatic rings. The van der Waals surface area contributed by atoms with Crippen molar-refractivity contribution in [3.8, 4) is 0 Å². The number of fused-ring (bicyclic) bond motifs is 4. The maximum absolute atomic E-state index is 13.1. The van der Waals surface area contributed by atoms with E-state index in [2.05, 4.69) is 11.0 Å². The number of hydrogen-bond acceptors (Lipinski definition) is 5. The van der Waals surface area contributed by atoms with Crippen LogP contribution in [-0.4, -0.2) is 46.3 Å². The summed E-state index contributed by atoms with van der Waals surface area (Å²) in [5, 5.41) is 1.16. The highest BCUT2D eigenvalue weighted by molar-refractivity contribution is 5.97. The summed E-state index contributed by atoms with van der Waals surface area (Å²) < 4.78 is 12.7. The Kier molecular flexibility index (Phi) is 4.14. The molecule has 0 saturated carbocycles. The molecule has 1 aromatic heterocycles. The first-order valence-corrected chi connectivity index (χ1v) is 10.9. The van der Waals surface area contributed by atoms with Gasteiger partial charge in [0.1, 0.15) is 11.1 Å². The smallest absolute Gasteiger partial charge is 0.419 e. The lowest BCUT2D eigenvalue weighted by Gasteiger charge is -2.34. The highest BCUT2D eigenvalue weighted by Crippen LogP contribution is 2.57. The zero-order chi connectivity index (χ0) is 21.4. The topological polar surface area (TPSA) is 60.8 Å². The molecule has 2 fully saturated rings. The van der Waals surface area contributed by atoms with Gasteiger partial charge >= 0.3 is 12.1 Å². The minimum Gasteiger partial charge on any atom is -0.468 e. The van der Waals surface area contributed by atoms with E-state index in [0.29, 0.717) is 5.92 Å². The highest BCUT2D eigenvalue weighted by atomic mass is 16.6. The lowest BCUT2D eigenvalue weighted by Crippen LogP contribution is -2.47. The van der Waals surface area contributed by atoms with Gasteiger partial charge in [0.25, 0.3) is 0 Å². The number of hydrogen-bond donors (Lipinski definition) is 0. The molecule has 0 N–H and O–H groups in total. The van der Waals surface area contributed by atoms with Crippen LogP contribution in [0.1, 0.15) is 62.9 Å². The molecular weight excluding hydrogens is 380 g/mol. The molecule has 1 aromatic carbocycles. The third-order valence-corrected chi connectivity index (χ3v) is 7.20. The van der Waals surface area contributed by atoms with Gasteiger partial charge in [-0.15, -0.1) is 0 Å². The molecule has 6 heteroatoms. The Morgan fingerprint density at radius 2 is 2.00 bits per heavy atom. The van der Waals surface area contributed by atoms with Crippen molar-refractivity contribution in [2.45, 2.75) is 70.6 Å². The van der Waals surface area contributed by atoms with Crippen molar-refractivity contribution < 1.29 is 19.1 Å². The van der Waals surface area contributed by atoms with Crippen LogP contribution in [0.15, 0.2) is 18.2 Å². The molecule has 3 unspecified atom stereocenters. The number of carbonyl (C=O) groups is 2. The van der Waals surface area contributed by atoms with Crippen molar-refractivity contribution in [2.75, 3.05) is 13.7 Å². The first-order chi connectivity index (χ1) is 14.2. The predicted octanol–water partition coefficient (Wildman–Crippen LogP) is 4.36. The number of benzene rings is 1. The van der Waals surface area contributed by atoms with E-state index in [4.69, 9.17) is 9.47 Å². The van der Waals surface area contributed by atoms with Crippen molar-refractivity contribution in [2.24, 2.45) is 5.92 Å². The fraction of sp³-hybridized carbons (Fsp3) is 0.583. The summed E-state index contributed by atoms with van der Waals surface area (Å²) in [5.41, 5.74) is 3.18. The van der Waals surface area contributed by atoms with Gasteiger partial charge in [-0.2, -0.15) is 0 Å². The summed E-state index contributed by atoms with van der Waals surface area (Å²) in [6.07, 6.45) is 3.23. The molecular formula is C24H30N2O4. The standard InChI is InChI=1S/C24H30N2O4/c1-14-18-19-15(8-6-9-17(19)26(14)22(28)30-23(2,3)4)12-16-13-24(21(27)29-5)10-7-11-25(24)20(16)18/h6,8-9,16,20H,7,10-13H2,1-5H3. The molecule has 3 atom stereocenters. The van der Waals surface area contributed by atoms with Crippen molar-refractivity contribution >= 4 is 23.0 Å². The van der Waals surface area contributed by atoms with Gasteiger partial charge < -0.3 is 9.47 Å². The van der Waals surface area contributed by atoms with E-state index in [1.54, 1.807) is 4.57 Å². The van der Waals surface area contributed by atoms with Crippen LogP contribution in [0.3, 0.4) is 0 Å². The molecule has 0 amide bonds. The maximum atomic E-state index is 13.1. The van der Waals surface area contributed by atoms with Gasteiger partial charge in [-0.05, 0) is 83.0 Å². The Bertz CT molecular complexity index is 1060. The molecule has 2 aromatic rings. The van der Waals surface area contributed by atoms with Crippen molar-refractivity contribution in [1.29, 1.82) is 0 Å². The van der Waals surface area contributed by atoms with Gasteiger partial charge in [-0.1, -0.05) is 12.1 Å². The molecule has 160 valence electrons. The van der Waals surface area contributed by atoms with E-state index in [-0.39, 0.29) is 18.1 Å². The molecule has 0 radical (unpaired) electrons. The molecule has 30 heavy (non-hydrogen) atoms. The normalized spacial score (nSPS) is 27.8. The number of methoxy groups -OCH3 is 1. The summed E-state index contributed by atoms with van der Waals surface area (Å²) in [6.45, 7) is 8.56. The van der Waals surface area contributed by atoms with Crippen molar-refractivity contribution in [1.82, 2.24) is 9.47 Å². The summed E-state index contributed by atoms with van der Waals surface area (Å²) in [6, 6.07) is 6.32. The minimum absolute atomic E-state index is 0.112. The average Bonchev–Trinajstić information content (AvgIpc) is 3.29. The minimum atomic E-state index is -0.567. The first-order valence-electron chi connectivity index (χ1n) is 10.9. The fourth-order valence-electron chi connectivity index (χ4n) is 6.32. The zero-order valence-electron chi connectivity index (χ0n) is 18.4. The molecule has 6 nitrogen and oxygen atoms in total. The largest absolute Gasteiger partial charge is 0.468 e. The third-order valence-electron chi connectivity index (χ3n) is 7.20. The van der Waals surface area contributed by atoms with E-state index in [1.807, 2.05) is 39.8 Å². The van der Waals surface area contributed by atoms with Gasteiger partial charge in [-0.3, -0.25) is 9.69 Å². The Labute approximate surface area is 177 Å². The van der Waals surface area contributed by atoms with Crippen LogP contribution in [0.4, 0.5) is 4.79 Å². The van der Waals surface area contributed by atoms with E-state index in [9.17, 15) is 9.59 Å². The van der Waals surface area contributed by atoms with Crippen LogP contribution < -0.4 is 0 Å². The molecule has 0 bridgehead atoms. The van der Waals surface area contributed by atoms with Crippen LogP contribution in [0.2, 0.25) is 0 Å². The predicted molar refractivity (Wildman–Crippen MR) is 114 cm³/mol. The van der Waals surface area contributed by atoms with Gasteiger partial charge in [0.2, 0.25) is 0 Å². The van der Waals surface area contributed by atoms with E-state index >= 15 is 0 Å². The Balaban J connectivity index is 1.69. The molecule has 2 saturated heterocycles. The zero-order valence-corrected chi connectivity index (χ0v) is 18.4. The SMILES string of the molecule is COC(=O)C12CCCN1C1c3c(C)n(C(=O)OC(C)(C)C)c4cccc(c34)CC1C2. The van der Waals surface area contributed by atoms with Crippen LogP contribution in [-0.2, 0) is 20.7 Å². The van der Waals surface area contributed by atoms with Gasteiger partial charge in [-0.25, -0.2) is 9.36 Å².